The Morgan fingerprint density at radius 1 is 1.27 bits per heavy atom. The number of hydrogen-bond donors (Lipinski definition) is 1. The lowest BCUT2D eigenvalue weighted by Crippen LogP contribution is -2.41. The highest BCUT2D eigenvalue weighted by molar-refractivity contribution is 7.98. The summed E-state index contributed by atoms with van der Waals surface area (Å²) in [6, 6.07) is 9.35. The van der Waals surface area contributed by atoms with Crippen LogP contribution in [0.5, 0.6) is 0 Å². The quantitative estimate of drug-likeness (QED) is 0.811. The van der Waals surface area contributed by atoms with Gasteiger partial charge in [-0.25, -0.2) is 0 Å². The highest BCUT2D eigenvalue weighted by Gasteiger charge is 2.23. The van der Waals surface area contributed by atoms with Crippen molar-refractivity contribution in [1.29, 1.82) is 0 Å². The molecule has 0 saturated carbocycles. The molecular weight excluding hydrogens is 352 g/mol. The summed E-state index contributed by atoms with van der Waals surface area (Å²) in [4.78, 5) is 28.0. The molecule has 1 saturated heterocycles. The zero-order valence-electron chi connectivity index (χ0n) is 14.9. The Balaban J connectivity index is 1.71. The smallest absolute Gasteiger partial charge is 0.272 e. The summed E-state index contributed by atoms with van der Waals surface area (Å²) in [5.41, 5.74) is 1.86. The molecule has 138 valence electrons. The van der Waals surface area contributed by atoms with Crippen LogP contribution < -0.4 is 5.32 Å². The number of hydrogen-bond acceptors (Lipinski definition) is 5. The Morgan fingerprint density at radius 3 is 2.77 bits per heavy atom. The fourth-order valence-corrected chi connectivity index (χ4v) is 3.26. The molecule has 2 aromatic rings. The van der Waals surface area contributed by atoms with E-state index in [9.17, 15) is 9.59 Å². The first-order valence-corrected chi connectivity index (χ1v) is 9.64. The zero-order chi connectivity index (χ0) is 18.5. The number of thioether (sulfide) groups is 1. The molecule has 0 radical (unpaired) electrons. The molecule has 1 aliphatic rings. The van der Waals surface area contributed by atoms with Crippen LogP contribution in [-0.4, -0.2) is 59.1 Å². The Hall–Kier alpha value is -2.32. The monoisotopic (exact) mass is 374 g/mol. The number of benzene rings is 1. The molecule has 7 nitrogen and oxygen atoms in total. The van der Waals surface area contributed by atoms with Gasteiger partial charge in [0.2, 0.25) is 5.91 Å². The zero-order valence-corrected chi connectivity index (χ0v) is 15.7. The lowest BCUT2D eigenvalue weighted by molar-refractivity contribution is -0.116. The average Bonchev–Trinajstić information content (AvgIpc) is 3.01. The van der Waals surface area contributed by atoms with E-state index >= 15 is 0 Å². The molecule has 0 unspecified atom stereocenters. The van der Waals surface area contributed by atoms with Crippen molar-refractivity contribution in [1.82, 2.24) is 14.7 Å². The van der Waals surface area contributed by atoms with Crippen LogP contribution >= 0.6 is 11.8 Å². The lowest BCUT2D eigenvalue weighted by Gasteiger charge is -2.26. The first-order valence-electron chi connectivity index (χ1n) is 8.42. The number of amides is 2. The van der Waals surface area contributed by atoms with Crippen LogP contribution in [0.15, 0.2) is 35.2 Å². The lowest BCUT2D eigenvalue weighted by atomic mass is 10.3. The maximum atomic E-state index is 12.7. The number of nitrogens with zero attached hydrogens (tertiary/aromatic N) is 3. The molecule has 0 spiro atoms. The third-order valence-electron chi connectivity index (χ3n) is 4.07. The van der Waals surface area contributed by atoms with Crippen molar-refractivity contribution in [3.8, 4) is 0 Å². The fraction of sp³-hybridized carbons (Fsp3) is 0.389. The molecule has 0 aliphatic carbocycles. The molecule has 1 aliphatic heterocycles. The molecule has 3 rings (SSSR count). The van der Waals surface area contributed by atoms with Gasteiger partial charge < -0.3 is 15.0 Å². The summed E-state index contributed by atoms with van der Waals surface area (Å²) in [7, 11) is 0. The predicted molar refractivity (Wildman–Crippen MR) is 101 cm³/mol. The number of carbonyl (C=O) groups is 2. The second kappa shape index (κ2) is 8.37. The molecule has 8 heteroatoms. The van der Waals surface area contributed by atoms with Crippen molar-refractivity contribution in [3.05, 3.63) is 41.7 Å². The highest BCUT2D eigenvalue weighted by Crippen LogP contribution is 2.19. The van der Waals surface area contributed by atoms with Crippen molar-refractivity contribution in [2.45, 2.75) is 18.4 Å². The van der Waals surface area contributed by atoms with Gasteiger partial charge in [-0.05, 0) is 37.4 Å². The van der Waals surface area contributed by atoms with Gasteiger partial charge in [-0.3, -0.25) is 14.3 Å². The van der Waals surface area contributed by atoms with Gasteiger partial charge in [0.05, 0.1) is 18.9 Å². The number of aromatic nitrogens is 2. The number of anilines is 1. The van der Waals surface area contributed by atoms with Crippen LogP contribution in [0.1, 0.15) is 16.2 Å². The number of morpholine rings is 1. The number of ether oxygens (including phenoxy) is 1. The predicted octanol–water partition coefficient (Wildman–Crippen LogP) is 2.02. The molecule has 1 aromatic carbocycles. The van der Waals surface area contributed by atoms with E-state index in [0.29, 0.717) is 37.7 Å². The van der Waals surface area contributed by atoms with Gasteiger partial charge >= 0.3 is 0 Å². The Bertz CT molecular complexity index is 799. The SMILES string of the molecule is CSc1cccc(NC(=O)Cn2nc(C)cc2C(=O)N2CCOCC2)c1. The first-order chi connectivity index (χ1) is 12.6. The van der Waals surface area contributed by atoms with E-state index < -0.39 is 0 Å². The number of rotatable bonds is 5. The van der Waals surface area contributed by atoms with Crippen molar-refractivity contribution in [2.75, 3.05) is 37.9 Å². The second-order valence-electron chi connectivity index (χ2n) is 6.01. The molecule has 1 N–H and O–H groups in total. The molecule has 1 fully saturated rings. The minimum atomic E-state index is -0.220. The maximum absolute atomic E-state index is 12.7. The Morgan fingerprint density at radius 2 is 2.04 bits per heavy atom. The standard InChI is InChI=1S/C18H22N4O3S/c1-13-10-16(18(24)21-6-8-25-9-7-21)22(20-13)12-17(23)19-14-4-3-5-15(11-14)26-2/h3-5,10-11H,6-9,12H2,1-2H3,(H,19,23). The largest absolute Gasteiger partial charge is 0.378 e. The van der Waals surface area contributed by atoms with Crippen molar-refractivity contribution >= 4 is 29.3 Å². The van der Waals surface area contributed by atoms with Crippen LogP contribution in [0.3, 0.4) is 0 Å². The minimum Gasteiger partial charge on any atom is -0.378 e. The summed E-state index contributed by atoms with van der Waals surface area (Å²) in [6.45, 7) is 3.97. The minimum absolute atomic E-state index is 0.0112. The van der Waals surface area contributed by atoms with Crippen LogP contribution in [0.25, 0.3) is 0 Å². The van der Waals surface area contributed by atoms with Gasteiger partial charge in [0.25, 0.3) is 5.91 Å². The molecular formula is C18H22N4O3S. The topological polar surface area (TPSA) is 76.5 Å². The van der Waals surface area contributed by atoms with E-state index in [4.69, 9.17) is 4.74 Å². The van der Waals surface area contributed by atoms with E-state index in [-0.39, 0.29) is 18.4 Å². The summed E-state index contributed by atoms with van der Waals surface area (Å²) in [5.74, 6) is -0.339. The molecule has 2 amide bonds. The third kappa shape index (κ3) is 4.44. The van der Waals surface area contributed by atoms with Gasteiger partial charge in [0.1, 0.15) is 12.2 Å². The van der Waals surface area contributed by atoms with E-state index in [1.807, 2.05) is 37.4 Å². The normalized spacial score (nSPS) is 14.3. The maximum Gasteiger partial charge on any atom is 0.272 e. The molecule has 0 atom stereocenters. The van der Waals surface area contributed by atoms with Crippen LogP contribution in [-0.2, 0) is 16.1 Å². The third-order valence-corrected chi connectivity index (χ3v) is 4.79. The van der Waals surface area contributed by atoms with Gasteiger partial charge in [-0.15, -0.1) is 11.8 Å². The molecule has 1 aromatic heterocycles. The van der Waals surface area contributed by atoms with Gasteiger partial charge in [-0.1, -0.05) is 6.07 Å². The van der Waals surface area contributed by atoms with Crippen molar-refractivity contribution < 1.29 is 14.3 Å². The Labute approximate surface area is 156 Å². The van der Waals surface area contributed by atoms with Crippen molar-refractivity contribution in [2.24, 2.45) is 0 Å². The van der Waals surface area contributed by atoms with E-state index in [1.54, 1.807) is 22.7 Å². The Kier molecular flexibility index (Phi) is 5.95. The summed E-state index contributed by atoms with van der Waals surface area (Å²) >= 11 is 1.61. The summed E-state index contributed by atoms with van der Waals surface area (Å²) in [5, 5.41) is 7.18. The van der Waals surface area contributed by atoms with Gasteiger partial charge in [-0.2, -0.15) is 5.10 Å². The average molecular weight is 374 g/mol. The summed E-state index contributed by atoms with van der Waals surface area (Å²) in [6.07, 6.45) is 1.98. The second-order valence-corrected chi connectivity index (χ2v) is 6.89. The summed E-state index contributed by atoms with van der Waals surface area (Å²) < 4.78 is 6.76. The van der Waals surface area contributed by atoms with Gasteiger partial charge in [0, 0.05) is 23.7 Å². The van der Waals surface area contributed by atoms with Crippen LogP contribution in [0.2, 0.25) is 0 Å². The highest BCUT2D eigenvalue weighted by atomic mass is 32.2. The van der Waals surface area contributed by atoms with E-state index in [1.165, 1.54) is 4.68 Å². The van der Waals surface area contributed by atoms with E-state index in [2.05, 4.69) is 10.4 Å². The molecule has 0 bridgehead atoms. The van der Waals surface area contributed by atoms with Crippen molar-refractivity contribution in [3.63, 3.8) is 0 Å². The van der Waals surface area contributed by atoms with Crippen LogP contribution in [0.4, 0.5) is 5.69 Å². The van der Waals surface area contributed by atoms with Gasteiger partial charge in [0.15, 0.2) is 0 Å². The van der Waals surface area contributed by atoms with Crippen LogP contribution in [0, 0.1) is 6.92 Å². The molecule has 26 heavy (non-hydrogen) atoms. The first kappa shape index (κ1) is 18.5. The fourth-order valence-electron chi connectivity index (χ4n) is 2.80. The number of carbonyl (C=O) groups excluding carboxylic acids is 2. The number of nitrogens with one attached hydrogen (secondary N) is 1. The van der Waals surface area contributed by atoms with E-state index in [0.717, 1.165) is 10.6 Å². The molecule has 2 heterocycles. The number of aryl methyl sites for hydroxylation is 1.